The molecule has 104 valence electrons. The van der Waals surface area contributed by atoms with Gasteiger partial charge in [0.15, 0.2) is 0 Å². The highest BCUT2D eigenvalue weighted by Gasteiger charge is 2.12. The van der Waals surface area contributed by atoms with E-state index in [0.717, 1.165) is 0 Å². The zero-order chi connectivity index (χ0) is 14.1. The van der Waals surface area contributed by atoms with Gasteiger partial charge in [-0.05, 0) is 12.1 Å². The molecule has 0 aromatic heterocycles. The Morgan fingerprint density at radius 1 is 1.16 bits per heavy atom. The van der Waals surface area contributed by atoms with Crippen LogP contribution in [-0.2, 0) is 9.53 Å². The summed E-state index contributed by atoms with van der Waals surface area (Å²) >= 11 is 0. The molecule has 0 saturated heterocycles. The van der Waals surface area contributed by atoms with Crippen LogP contribution in [-0.4, -0.2) is 45.7 Å². The van der Waals surface area contributed by atoms with Gasteiger partial charge in [0, 0.05) is 13.7 Å². The number of carbonyl (C=O) groups excluding carboxylic acids is 2. The van der Waals surface area contributed by atoms with E-state index in [9.17, 15) is 9.59 Å². The third kappa shape index (κ3) is 4.97. The maximum absolute atomic E-state index is 11.9. The fourth-order valence-corrected chi connectivity index (χ4v) is 1.44. The van der Waals surface area contributed by atoms with Crippen LogP contribution in [0.5, 0.6) is 5.75 Å². The number of amides is 2. The van der Waals surface area contributed by atoms with Crippen molar-refractivity contribution < 1.29 is 19.1 Å². The summed E-state index contributed by atoms with van der Waals surface area (Å²) in [5.74, 6) is -0.139. The van der Waals surface area contributed by atoms with E-state index in [1.807, 2.05) is 0 Å². The van der Waals surface area contributed by atoms with Crippen LogP contribution < -0.4 is 15.4 Å². The molecule has 0 spiro atoms. The van der Waals surface area contributed by atoms with E-state index in [0.29, 0.717) is 24.5 Å². The van der Waals surface area contributed by atoms with E-state index in [1.54, 1.807) is 31.4 Å². The van der Waals surface area contributed by atoms with Crippen molar-refractivity contribution in [1.82, 2.24) is 10.6 Å². The van der Waals surface area contributed by atoms with Crippen LogP contribution in [0.3, 0.4) is 0 Å². The lowest BCUT2D eigenvalue weighted by Gasteiger charge is -2.09. The highest BCUT2D eigenvalue weighted by molar-refractivity contribution is 5.98. The normalized spacial score (nSPS) is 9.79. The number of benzene rings is 1. The van der Waals surface area contributed by atoms with Crippen molar-refractivity contribution in [1.29, 1.82) is 0 Å². The quantitative estimate of drug-likeness (QED) is 0.691. The summed E-state index contributed by atoms with van der Waals surface area (Å²) in [4.78, 5) is 23.3. The maximum atomic E-state index is 11.9. The molecule has 0 saturated carbocycles. The van der Waals surface area contributed by atoms with Crippen LogP contribution in [0.15, 0.2) is 24.3 Å². The Bertz CT molecular complexity index is 434. The van der Waals surface area contributed by atoms with Crippen LogP contribution in [0, 0.1) is 0 Å². The Kier molecular flexibility index (Phi) is 6.38. The second kappa shape index (κ2) is 8.10. The standard InChI is InChI=1S/C13H18N2O4/c1-18-8-7-14-12(16)9-15-13(17)10-5-3-4-6-11(10)19-2/h3-6H,7-9H2,1-2H3,(H,14,16)(H,15,17). The summed E-state index contributed by atoms with van der Waals surface area (Å²) in [7, 11) is 3.04. The zero-order valence-electron chi connectivity index (χ0n) is 11.1. The average Bonchev–Trinajstić information content (AvgIpc) is 2.45. The second-order valence-electron chi connectivity index (χ2n) is 3.73. The summed E-state index contributed by atoms with van der Waals surface area (Å²) in [6.45, 7) is 0.770. The van der Waals surface area contributed by atoms with Crippen molar-refractivity contribution in [2.45, 2.75) is 0 Å². The Hall–Kier alpha value is -2.08. The fraction of sp³-hybridized carbons (Fsp3) is 0.385. The number of ether oxygens (including phenoxy) is 2. The molecule has 0 radical (unpaired) electrons. The number of nitrogens with one attached hydrogen (secondary N) is 2. The average molecular weight is 266 g/mol. The van der Waals surface area contributed by atoms with Gasteiger partial charge in [0.2, 0.25) is 5.91 Å². The van der Waals surface area contributed by atoms with E-state index in [1.165, 1.54) is 7.11 Å². The molecule has 0 aliphatic carbocycles. The smallest absolute Gasteiger partial charge is 0.255 e. The van der Waals surface area contributed by atoms with Crippen LogP contribution in [0.1, 0.15) is 10.4 Å². The molecule has 0 bridgehead atoms. The van der Waals surface area contributed by atoms with Crippen LogP contribution in [0.25, 0.3) is 0 Å². The number of para-hydroxylation sites is 1. The number of hydrogen-bond donors (Lipinski definition) is 2. The van der Waals surface area contributed by atoms with Gasteiger partial charge in [-0.15, -0.1) is 0 Å². The minimum Gasteiger partial charge on any atom is -0.496 e. The van der Waals surface area contributed by atoms with Gasteiger partial charge >= 0.3 is 0 Å². The molecule has 2 N–H and O–H groups in total. The lowest BCUT2D eigenvalue weighted by atomic mass is 10.2. The molecule has 0 atom stereocenters. The molecule has 19 heavy (non-hydrogen) atoms. The molecule has 0 fully saturated rings. The van der Waals surface area contributed by atoms with Gasteiger partial charge in [-0.25, -0.2) is 0 Å². The number of rotatable bonds is 7. The highest BCUT2D eigenvalue weighted by atomic mass is 16.5. The van der Waals surface area contributed by atoms with Gasteiger partial charge in [0.25, 0.3) is 5.91 Å². The third-order valence-electron chi connectivity index (χ3n) is 2.39. The molecule has 6 nitrogen and oxygen atoms in total. The molecule has 0 aliphatic heterocycles. The number of methoxy groups -OCH3 is 2. The Labute approximate surface area is 112 Å². The van der Waals surface area contributed by atoms with Crippen LogP contribution in [0.4, 0.5) is 0 Å². The van der Waals surface area contributed by atoms with Crippen molar-refractivity contribution >= 4 is 11.8 Å². The number of carbonyl (C=O) groups is 2. The van der Waals surface area contributed by atoms with E-state index >= 15 is 0 Å². The number of hydrogen-bond acceptors (Lipinski definition) is 4. The first-order chi connectivity index (χ1) is 9.19. The van der Waals surface area contributed by atoms with Crippen molar-refractivity contribution in [2.75, 3.05) is 33.9 Å². The van der Waals surface area contributed by atoms with E-state index in [4.69, 9.17) is 9.47 Å². The van der Waals surface area contributed by atoms with Gasteiger partial charge in [-0.3, -0.25) is 9.59 Å². The zero-order valence-corrected chi connectivity index (χ0v) is 11.1. The van der Waals surface area contributed by atoms with Crippen LogP contribution in [0.2, 0.25) is 0 Å². The van der Waals surface area contributed by atoms with Gasteiger partial charge in [-0.1, -0.05) is 12.1 Å². The molecule has 0 aliphatic rings. The monoisotopic (exact) mass is 266 g/mol. The lowest BCUT2D eigenvalue weighted by molar-refractivity contribution is -0.120. The molecule has 0 unspecified atom stereocenters. The van der Waals surface area contributed by atoms with Crippen LogP contribution >= 0.6 is 0 Å². The Morgan fingerprint density at radius 2 is 1.89 bits per heavy atom. The predicted octanol–water partition coefficient (Wildman–Crippen LogP) is 0.188. The topological polar surface area (TPSA) is 76.7 Å². The first-order valence-corrected chi connectivity index (χ1v) is 5.86. The largest absolute Gasteiger partial charge is 0.496 e. The molecule has 0 heterocycles. The molecule has 2 amide bonds. The first kappa shape index (κ1) is 15.0. The minimum atomic E-state index is -0.348. The SMILES string of the molecule is COCCNC(=O)CNC(=O)c1ccccc1OC. The van der Waals surface area contributed by atoms with Crippen molar-refractivity contribution in [3.63, 3.8) is 0 Å². The third-order valence-corrected chi connectivity index (χ3v) is 2.39. The Morgan fingerprint density at radius 3 is 2.58 bits per heavy atom. The Balaban J connectivity index is 2.44. The van der Waals surface area contributed by atoms with Crippen molar-refractivity contribution in [3.8, 4) is 5.75 Å². The van der Waals surface area contributed by atoms with Gasteiger partial charge in [-0.2, -0.15) is 0 Å². The molecule has 1 rings (SSSR count). The summed E-state index contributed by atoms with van der Waals surface area (Å²) in [5, 5.41) is 5.14. The minimum absolute atomic E-state index is 0.0827. The van der Waals surface area contributed by atoms with E-state index < -0.39 is 0 Å². The maximum Gasteiger partial charge on any atom is 0.255 e. The van der Waals surface area contributed by atoms with Crippen molar-refractivity contribution in [2.24, 2.45) is 0 Å². The lowest BCUT2D eigenvalue weighted by Crippen LogP contribution is -2.38. The van der Waals surface area contributed by atoms with Gasteiger partial charge in [0.1, 0.15) is 5.75 Å². The predicted molar refractivity (Wildman–Crippen MR) is 70.2 cm³/mol. The van der Waals surface area contributed by atoms with Gasteiger partial charge in [0.05, 0.1) is 25.8 Å². The highest BCUT2D eigenvalue weighted by Crippen LogP contribution is 2.16. The molecular formula is C13H18N2O4. The second-order valence-corrected chi connectivity index (χ2v) is 3.73. The first-order valence-electron chi connectivity index (χ1n) is 5.86. The molecular weight excluding hydrogens is 248 g/mol. The van der Waals surface area contributed by atoms with E-state index in [-0.39, 0.29) is 18.4 Å². The summed E-state index contributed by atoms with van der Waals surface area (Å²) < 4.78 is 9.87. The molecule has 1 aromatic carbocycles. The summed E-state index contributed by atoms with van der Waals surface area (Å²) in [6, 6.07) is 6.83. The van der Waals surface area contributed by atoms with Crippen molar-refractivity contribution in [3.05, 3.63) is 29.8 Å². The molecule has 6 heteroatoms. The fourth-order valence-electron chi connectivity index (χ4n) is 1.44. The molecule has 1 aromatic rings. The van der Waals surface area contributed by atoms with E-state index in [2.05, 4.69) is 10.6 Å². The van der Waals surface area contributed by atoms with Gasteiger partial charge < -0.3 is 20.1 Å². The summed E-state index contributed by atoms with van der Waals surface area (Å²) in [6.07, 6.45) is 0. The summed E-state index contributed by atoms with van der Waals surface area (Å²) in [5.41, 5.74) is 0.398.